The number of nitrogens with zero attached hydrogens (tertiary/aromatic N) is 1. The Hall–Kier alpha value is -2.87. The number of ether oxygens (including phenoxy) is 2. The van der Waals surface area contributed by atoms with Crippen LogP contribution in [0.25, 0.3) is 10.3 Å². The smallest absolute Gasteiger partial charge is 0.396 e. The number of hydrogen-bond acceptors (Lipinski definition) is 7. The number of nitro benzene ring substituents is 1. The van der Waals surface area contributed by atoms with Crippen LogP contribution in [-0.4, -0.2) is 18.1 Å². The van der Waals surface area contributed by atoms with E-state index in [4.69, 9.17) is 13.9 Å². The number of benzene rings is 2. The highest BCUT2D eigenvalue weighted by Crippen LogP contribution is 2.23. The normalized spacial score (nSPS) is 10.7. The molecule has 3 aromatic rings. The van der Waals surface area contributed by atoms with E-state index in [1.165, 1.54) is 12.1 Å². The van der Waals surface area contributed by atoms with Crippen molar-refractivity contribution in [3.8, 4) is 11.5 Å². The van der Waals surface area contributed by atoms with Gasteiger partial charge in [0, 0.05) is 24.6 Å². The third kappa shape index (κ3) is 3.90. The predicted molar refractivity (Wildman–Crippen MR) is 89.1 cm³/mol. The van der Waals surface area contributed by atoms with E-state index in [0.717, 1.165) is 16.0 Å². The maximum atomic E-state index is 11.1. The Morgan fingerprint density at radius 1 is 1.04 bits per heavy atom. The minimum atomic E-state index is -0.454. The van der Waals surface area contributed by atoms with E-state index in [0.29, 0.717) is 36.7 Å². The lowest BCUT2D eigenvalue weighted by molar-refractivity contribution is -0.384. The molecule has 7 nitrogen and oxygen atoms in total. The zero-order valence-electron chi connectivity index (χ0n) is 12.5. The number of fused-ring (bicyclic) bond motifs is 1. The number of non-ortho nitro benzene ring substituents is 1. The minimum absolute atomic E-state index is 0.0288. The Labute approximate surface area is 140 Å². The fourth-order valence-electron chi connectivity index (χ4n) is 2.05. The van der Waals surface area contributed by atoms with Crippen molar-refractivity contribution in [1.29, 1.82) is 0 Å². The van der Waals surface area contributed by atoms with E-state index in [1.807, 2.05) is 0 Å². The van der Waals surface area contributed by atoms with E-state index < -0.39 is 4.92 Å². The van der Waals surface area contributed by atoms with Gasteiger partial charge < -0.3 is 13.9 Å². The molecule has 1 heterocycles. The first kappa shape index (κ1) is 16.0. The van der Waals surface area contributed by atoms with E-state index in [2.05, 4.69) is 0 Å². The van der Waals surface area contributed by atoms with E-state index in [-0.39, 0.29) is 10.6 Å². The van der Waals surface area contributed by atoms with Gasteiger partial charge in [-0.3, -0.25) is 10.1 Å². The van der Waals surface area contributed by atoms with Crippen LogP contribution < -0.4 is 14.4 Å². The lowest BCUT2D eigenvalue weighted by atomic mass is 10.3. The summed E-state index contributed by atoms with van der Waals surface area (Å²) in [5.74, 6) is 1.20. The molecule has 0 spiro atoms. The fraction of sp³-hybridized carbons (Fsp3) is 0.188. The molecule has 8 heteroatoms. The Bertz CT molecular complexity index is 899. The topological polar surface area (TPSA) is 91.8 Å². The maximum Gasteiger partial charge on any atom is 0.396 e. The third-order valence-corrected chi connectivity index (χ3v) is 3.98. The summed E-state index contributed by atoms with van der Waals surface area (Å²) < 4.78 is 16.9. The molecule has 0 atom stereocenters. The molecule has 0 N–H and O–H groups in total. The molecule has 24 heavy (non-hydrogen) atoms. The molecular formula is C16H13NO6S. The average Bonchev–Trinajstić information content (AvgIpc) is 2.94. The van der Waals surface area contributed by atoms with Crippen LogP contribution in [0, 0.1) is 10.1 Å². The van der Waals surface area contributed by atoms with Crippen molar-refractivity contribution in [2.45, 2.75) is 6.42 Å². The summed E-state index contributed by atoms with van der Waals surface area (Å²) in [6, 6.07) is 11.2. The minimum Gasteiger partial charge on any atom is -0.493 e. The number of hydrogen-bond donors (Lipinski definition) is 0. The van der Waals surface area contributed by atoms with Gasteiger partial charge in [-0.05, 0) is 24.3 Å². The molecule has 124 valence electrons. The largest absolute Gasteiger partial charge is 0.493 e. The monoisotopic (exact) mass is 347 g/mol. The van der Waals surface area contributed by atoms with Gasteiger partial charge in [-0.2, -0.15) is 0 Å². The van der Waals surface area contributed by atoms with Crippen LogP contribution >= 0.6 is 11.3 Å². The van der Waals surface area contributed by atoms with Crippen molar-refractivity contribution in [3.63, 3.8) is 0 Å². The molecular weight excluding hydrogens is 334 g/mol. The van der Waals surface area contributed by atoms with Crippen molar-refractivity contribution in [3.05, 3.63) is 62.3 Å². The van der Waals surface area contributed by atoms with Gasteiger partial charge >= 0.3 is 4.94 Å². The van der Waals surface area contributed by atoms with Crippen molar-refractivity contribution < 1.29 is 18.8 Å². The highest BCUT2D eigenvalue weighted by atomic mass is 32.1. The van der Waals surface area contributed by atoms with Gasteiger partial charge in [0.25, 0.3) is 5.69 Å². The summed E-state index contributed by atoms with van der Waals surface area (Å²) in [7, 11) is 0. The Balaban J connectivity index is 1.44. The van der Waals surface area contributed by atoms with Crippen LogP contribution in [-0.2, 0) is 0 Å². The standard InChI is InChI=1S/C16H13NO6S/c18-16-23-14-10-13(6-7-15(14)24-16)22-9-1-8-21-12-4-2-11(3-5-12)17(19)20/h2-7,10H,1,8-9H2. The highest BCUT2D eigenvalue weighted by Gasteiger charge is 2.05. The first-order chi connectivity index (χ1) is 11.6. The summed E-state index contributed by atoms with van der Waals surface area (Å²) >= 11 is 1.05. The second-order valence-corrected chi connectivity index (χ2v) is 5.84. The summed E-state index contributed by atoms with van der Waals surface area (Å²) in [4.78, 5) is 20.9. The van der Waals surface area contributed by atoms with Crippen LogP contribution in [0.1, 0.15) is 6.42 Å². The van der Waals surface area contributed by atoms with Crippen molar-refractivity contribution in [2.24, 2.45) is 0 Å². The molecule has 0 unspecified atom stereocenters. The van der Waals surface area contributed by atoms with Crippen LogP contribution in [0.2, 0.25) is 0 Å². The van der Waals surface area contributed by atoms with Crippen LogP contribution in [0.4, 0.5) is 5.69 Å². The van der Waals surface area contributed by atoms with E-state index in [1.54, 1.807) is 30.3 Å². The molecule has 0 amide bonds. The molecule has 0 fully saturated rings. The SMILES string of the molecule is O=c1oc2cc(OCCCOc3ccc([N+](=O)[O-])cc3)ccc2s1. The molecule has 2 aromatic carbocycles. The van der Waals surface area contributed by atoms with Crippen LogP contribution in [0.3, 0.4) is 0 Å². The third-order valence-electron chi connectivity index (χ3n) is 3.18. The van der Waals surface area contributed by atoms with Crippen LogP contribution in [0.5, 0.6) is 11.5 Å². The Kier molecular flexibility index (Phi) is 4.76. The van der Waals surface area contributed by atoms with Crippen molar-refractivity contribution in [2.75, 3.05) is 13.2 Å². The highest BCUT2D eigenvalue weighted by molar-refractivity contribution is 7.16. The fourth-order valence-corrected chi connectivity index (χ4v) is 2.69. The molecule has 0 saturated carbocycles. The van der Waals surface area contributed by atoms with Gasteiger partial charge in [-0.15, -0.1) is 0 Å². The first-order valence-electron chi connectivity index (χ1n) is 7.15. The zero-order chi connectivity index (χ0) is 16.9. The molecule has 3 rings (SSSR count). The second kappa shape index (κ2) is 7.14. The van der Waals surface area contributed by atoms with E-state index >= 15 is 0 Å². The lowest BCUT2D eigenvalue weighted by Gasteiger charge is -2.07. The van der Waals surface area contributed by atoms with Crippen molar-refractivity contribution in [1.82, 2.24) is 0 Å². The molecule has 1 aromatic heterocycles. The van der Waals surface area contributed by atoms with Crippen molar-refractivity contribution >= 4 is 27.3 Å². The average molecular weight is 347 g/mol. The van der Waals surface area contributed by atoms with E-state index in [9.17, 15) is 14.9 Å². The van der Waals surface area contributed by atoms with Crippen LogP contribution in [0.15, 0.2) is 51.7 Å². The first-order valence-corrected chi connectivity index (χ1v) is 7.97. The molecule has 0 radical (unpaired) electrons. The molecule has 0 aliphatic carbocycles. The second-order valence-electron chi connectivity index (χ2n) is 4.86. The zero-order valence-corrected chi connectivity index (χ0v) is 13.3. The van der Waals surface area contributed by atoms with Gasteiger partial charge in [-0.1, -0.05) is 11.3 Å². The Morgan fingerprint density at radius 3 is 2.42 bits per heavy atom. The maximum absolute atomic E-state index is 11.1. The predicted octanol–water partition coefficient (Wildman–Crippen LogP) is 3.61. The summed E-state index contributed by atoms with van der Waals surface area (Å²) in [5, 5.41) is 10.6. The number of nitro groups is 1. The molecule has 0 aliphatic heterocycles. The molecule has 0 aliphatic rings. The molecule has 0 bridgehead atoms. The summed E-state index contributed by atoms with van der Waals surface area (Å²) in [5.41, 5.74) is 0.547. The summed E-state index contributed by atoms with van der Waals surface area (Å²) in [6.07, 6.45) is 0.641. The lowest BCUT2D eigenvalue weighted by Crippen LogP contribution is -2.05. The van der Waals surface area contributed by atoms with Gasteiger partial charge in [0.15, 0.2) is 5.58 Å². The Morgan fingerprint density at radius 2 is 1.71 bits per heavy atom. The van der Waals surface area contributed by atoms with Gasteiger partial charge in [0.1, 0.15) is 11.5 Å². The summed E-state index contributed by atoms with van der Waals surface area (Å²) in [6.45, 7) is 0.862. The van der Waals surface area contributed by atoms with Gasteiger partial charge in [0.2, 0.25) is 0 Å². The van der Waals surface area contributed by atoms with Gasteiger partial charge in [0.05, 0.1) is 22.8 Å². The molecule has 0 saturated heterocycles. The quantitative estimate of drug-likeness (QED) is 0.368. The number of rotatable bonds is 7. The van der Waals surface area contributed by atoms with Gasteiger partial charge in [-0.25, -0.2) is 4.79 Å².